The number of nitrogen functional groups attached to an aromatic ring is 1. The van der Waals surface area contributed by atoms with Crippen LogP contribution in [0.15, 0.2) is 24.0 Å². The predicted molar refractivity (Wildman–Crippen MR) is 83.7 cm³/mol. The summed E-state index contributed by atoms with van der Waals surface area (Å²) in [6, 6.07) is 1.85. The topological polar surface area (TPSA) is 100 Å². The third-order valence-corrected chi connectivity index (χ3v) is 4.37. The molecule has 0 aliphatic carbocycles. The Bertz CT molecular complexity index is 966. The number of fused-ring (bicyclic) bond motifs is 1. The van der Waals surface area contributed by atoms with Crippen molar-refractivity contribution in [2.75, 3.05) is 5.73 Å². The predicted octanol–water partition coefficient (Wildman–Crippen LogP) is 1.56. The Morgan fingerprint density at radius 1 is 1.32 bits per heavy atom. The number of aryl methyl sites for hydroxylation is 2. The van der Waals surface area contributed by atoms with E-state index in [1.807, 2.05) is 20.0 Å². The minimum atomic E-state index is 0.603. The van der Waals surface area contributed by atoms with Gasteiger partial charge in [-0.15, -0.1) is 16.4 Å². The summed E-state index contributed by atoms with van der Waals surface area (Å²) in [6.07, 6.45) is 3.32. The first kappa shape index (κ1) is 12.9. The Labute approximate surface area is 129 Å². The molecule has 0 radical (unpaired) electrons. The van der Waals surface area contributed by atoms with Crippen molar-refractivity contribution in [1.29, 1.82) is 0 Å². The highest BCUT2D eigenvalue weighted by Gasteiger charge is 2.18. The largest absolute Gasteiger partial charge is 0.398 e. The van der Waals surface area contributed by atoms with Crippen LogP contribution in [0.3, 0.4) is 0 Å². The van der Waals surface area contributed by atoms with Crippen LogP contribution < -0.4 is 5.73 Å². The number of hydrogen-bond donors (Lipinski definition) is 1. The lowest BCUT2D eigenvalue weighted by Crippen LogP contribution is -1.99. The summed E-state index contributed by atoms with van der Waals surface area (Å²) in [7, 11) is 1.83. The van der Waals surface area contributed by atoms with Gasteiger partial charge < -0.3 is 5.73 Å². The number of nitrogens with zero attached hydrogens (tertiary/aromatic N) is 7. The average molecular weight is 312 g/mol. The van der Waals surface area contributed by atoms with E-state index in [-0.39, 0.29) is 0 Å². The van der Waals surface area contributed by atoms with Gasteiger partial charge in [-0.1, -0.05) is 5.21 Å². The number of hydrogen-bond acceptors (Lipinski definition) is 7. The summed E-state index contributed by atoms with van der Waals surface area (Å²) in [5, 5.41) is 13.0. The van der Waals surface area contributed by atoms with Gasteiger partial charge in [0.15, 0.2) is 11.5 Å². The van der Waals surface area contributed by atoms with E-state index in [1.54, 1.807) is 38.6 Å². The summed E-state index contributed by atoms with van der Waals surface area (Å²) < 4.78 is 3.28. The van der Waals surface area contributed by atoms with Crippen molar-refractivity contribution in [3.05, 3.63) is 29.7 Å². The molecule has 4 rings (SSSR count). The smallest absolute Gasteiger partial charge is 0.188 e. The molecule has 4 aromatic heterocycles. The maximum atomic E-state index is 6.26. The van der Waals surface area contributed by atoms with Crippen molar-refractivity contribution in [3.8, 4) is 16.4 Å². The standard InChI is InChI=1S/C13H12N8S/c1-7-11(22-6-15-7)9-5-8(14)10-12(17-9)20(2)18-13(10)21-4-3-16-19-21/h3-6H,1-2H3,(H2,14,17). The van der Waals surface area contributed by atoms with Gasteiger partial charge in [-0.25, -0.2) is 14.6 Å². The summed E-state index contributed by atoms with van der Waals surface area (Å²) in [4.78, 5) is 9.97. The highest BCUT2D eigenvalue weighted by atomic mass is 32.1. The maximum absolute atomic E-state index is 6.26. The van der Waals surface area contributed by atoms with E-state index in [1.165, 1.54) is 0 Å². The van der Waals surface area contributed by atoms with Crippen molar-refractivity contribution >= 4 is 28.1 Å². The second-order valence-electron chi connectivity index (χ2n) is 4.86. The van der Waals surface area contributed by atoms with Crippen molar-refractivity contribution in [2.24, 2.45) is 7.05 Å². The molecule has 0 fully saturated rings. The number of anilines is 1. The quantitative estimate of drug-likeness (QED) is 0.603. The van der Waals surface area contributed by atoms with Gasteiger partial charge in [0.05, 0.1) is 39.6 Å². The number of nitrogens with two attached hydrogens (primary N) is 1. The Hall–Kier alpha value is -2.81. The third-order valence-electron chi connectivity index (χ3n) is 3.42. The molecule has 0 aromatic carbocycles. The second kappa shape index (κ2) is 4.60. The monoisotopic (exact) mass is 312 g/mol. The Balaban J connectivity index is 2.01. The lowest BCUT2D eigenvalue weighted by Gasteiger charge is -2.04. The van der Waals surface area contributed by atoms with Gasteiger partial charge in [-0.05, 0) is 13.0 Å². The normalized spacial score (nSPS) is 11.4. The van der Waals surface area contributed by atoms with Gasteiger partial charge in [0, 0.05) is 12.7 Å². The molecular formula is C13H12N8S. The minimum absolute atomic E-state index is 0.603. The lowest BCUT2D eigenvalue weighted by molar-refractivity contribution is 0.724. The molecule has 0 bridgehead atoms. The van der Waals surface area contributed by atoms with Gasteiger partial charge in [0.1, 0.15) is 0 Å². The zero-order valence-corrected chi connectivity index (χ0v) is 12.7. The number of rotatable bonds is 2. The molecule has 0 amide bonds. The first-order chi connectivity index (χ1) is 10.6. The van der Waals surface area contributed by atoms with Crippen molar-refractivity contribution in [2.45, 2.75) is 6.92 Å². The van der Waals surface area contributed by atoms with E-state index in [0.717, 1.165) is 21.7 Å². The summed E-state index contributed by atoms with van der Waals surface area (Å²) in [5.74, 6) is 0.618. The molecule has 4 heterocycles. The number of thiazole rings is 1. The zero-order chi connectivity index (χ0) is 15.3. The van der Waals surface area contributed by atoms with Gasteiger partial charge in [-0.2, -0.15) is 9.78 Å². The zero-order valence-electron chi connectivity index (χ0n) is 11.9. The van der Waals surface area contributed by atoms with Crippen LogP contribution in [0.25, 0.3) is 27.4 Å². The van der Waals surface area contributed by atoms with Crippen LogP contribution in [-0.2, 0) is 7.05 Å². The van der Waals surface area contributed by atoms with E-state index in [9.17, 15) is 0 Å². The van der Waals surface area contributed by atoms with Gasteiger partial charge in [0.2, 0.25) is 0 Å². The van der Waals surface area contributed by atoms with E-state index in [2.05, 4.69) is 20.4 Å². The van der Waals surface area contributed by atoms with Gasteiger partial charge in [-0.3, -0.25) is 0 Å². The lowest BCUT2D eigenvalue weighted by atomic mass is 10.2. The van der Waals surface area contributed by atoms with E-state index in [4.69, 9.17) is 10.7 Å². The maximum Gasteiger partial charge on any atom is 0.188 e. The van der Waals surface area contributed by atoms with Crippen LogP contribution >= 0.6 is 11.3 Å². The van der Waals surface area contributed by atoms with Crippen LogP contribution in [0.1, 0.15) is 5.69 Å². The molecule has 2 N–H and O–H groups in total. The molecule has 0 spiro atoms. The highest BCUT2D eigenvalue weighted by Crippen LogP contribution is 2.32. The van der Waals surface area contributed by atoms with E-state index >= 15 is 0 Å². The fourth-order valence-electron chi connectivity index (χ4n) is 2.40. The fourth-order valence-corrected chi connectivity index (χ4v) is 3.16. The van der Waals surface area contributed by atoms with Crippen LogP contribution in [0.4, 0.5) is 5.69 Å². The van der Waals surface area contributed by atoms with Crippen molar-refractivity contribution < 1.29 is 0 Å². The number of pyridine rings is 1. The molecule has 110 valence electrons. The third kappa shape index (κ3) is 1.79. The fraction of sp³-hybridized carbons (Fsp3) is 0.154. The summed E-state index contributed by atoms with van der Waals surface area (Å²) >= 11 is 1.54. The first-order valence-corrected chi connectivity index (χ1v) is 7.43. The minimum Gasteiger partial charge on any atom is -0.398 e. The molecule has 0 aliphatic rings. The summed E-state index contributed by atoms with van der Waals surface area (Å²) in [5.41, 5.74) is 11.1. The van der Waals surface area contributed by atoms with Crippen LogP contribution in [0.2, 0.25) is 0 Å². The van der Waals surface area contributed by atoms with Crippen LogP contribution in [-0.4, -0.2) is 34.7 Å². The van der Waals surface area contributed by atoms with Crippen LogP contribution in [0, 0.1) is 6.92 Å². The first-order valence-electron chi connectivity index (χ1n) is 6.55. The molecule has 0 saturated heterocycles. The molecule has 0 saturated carbocycles. The molecule has 22 heavy (non-hydrogen) atoms. The Morgan fingerprint density at radius 2 is 2.18 bits per heavy atom. The molecular weight excluding hydrogens is 300 g/mol. The van der Waals surface area contributed by atoms with Crippen molar-refractivity contribution in [3.63, 3.8) is 0 Å². The van der Waals surface area contributed by atoms with Gasteiger partial charge >= 0.3 is 0 Å². The average Bonchev–Trinajstić information content (AvgIpc) is 3.19. The van der Waals surface area contributed by atoms with Crippen LogP contribution in [0.5, 0.6) is 0 Å². The molecule has 0 unspecified atom stereocenters. The SMILES string of the molecule is Cc1ncsc1-c1cc(N)c2c(-n3ccnn3)nn(C)c2n1. The molecule has 8 nitrogen and oxygen atoms in total. The highest BCUT2D eigenvalue weighted by molar-refractivity contribution is 7.13. The Kier molecular flexibility index (Phi) is 2.70. The van der Waals surface area contributed by atoms with Crippen molar-refractivity contribution in [1.82, 2.24) is 34.7 Å². The Morgan fingerprint density at radius 3 is 2.86 bits per heavy atom. The molecule has 4 aromatic rings. The van der Waals surface area contributed by atoms with Gasteiger partial charge in [0.25, 0.3) is 0 Å². The molecule has 0 atom stereocenters. The van der Waals surface area contributed by atoms with E-state index in [0.29, 0.717) is 17.2 Å². The number of aromatic nitrogens is 7. The van der Waals surface area contributed by atoms with E-state index < -0.39 is 0 Å². The molecule has 9 heteroatoms. The molecule has 0 aliphatic heterocycles. The second-order valence-corrected chi connectivity index (χ2v) is 5.71. The summed E-state index contributed by atoms with van der Waals surface area (Å²) in [6.45, 7) is 1.96.